The summed E-state index contributed by atoms with van der Waals surface area (Å²) in [6, 6.07) is 0. The van der Waals surface area contributed by atoms with Crippen molar-refractivity contribution in [2.75, 3.05) is 17.6 Å². The second-order valence-electron chi connectivity index (χ2n) is 3.27. The van der Waals surface area contributed by atoms with E-state index in [0.29, 0.717) is 10.6 Å². The van der Waals surface area contributed by atoms with Gasteiger partial charge in [-0.1, -0.05) is 19.8 Å². The number of amides is 1. The van der Waals surface area contributed by atoms with Crippen molar-refractivity contribution < 1.29 is 4.79 Å². The molecule has 6 heteroatoms. The maximum atomic E-state index is 11.1. The number of nitrogens with zero attached hydrogens (tertiary/aromatic N) is 1. The van der Waals surface area contributed by atoms with Gasteiger partial charge in [-0.25, -0.2) is 0 Å². The van der Waals surface area contributed by atoms with E-state index in [4.69, 9.17) is 11.5 Å². The Morgan fingerprint density at radius 1 is 1.53 bits per heavy atom. The van der Waals surface area contributed by atoms with Crippen molar-refractivity contribution in [3.8, 4) is 0 Å². The van der Waals surface area contributed by atoms with E-state index < -0.39 is 5.91 Å². The van der Waals surface area contributed by atoms with Gasteiger partial charge in [0.15, 0.2) is 5.82 Å². The predicted octanol–water partition coefficient (Wildman–Crippen LogP) is 1.43. The Kier molecular flexibility index (Phi) is 4.36. The molecular weight excluding hydrogens is 212 g/mol. The Morgan fingerprint density at radius 2 is 2.27 bits per heavy atom. The second kappa shape index (κ2) is 5.55. The zero-order valence-electron chi connectivity index (χ0n) is 8.75. The molecule has 1 aromatic heterocycles. The molecule has 1 amide bonds. The largest absolute Gasteiger partial charge is 0.382 e. The van der Waals surface area contributed by atoms with Gasteiger partial charge in [-0.3, -0.25) is 4.79 Å². The average molecular weight is 228 g/mol. The van der Waals surface area contributed by atoms with Crippen LogP contribution in [0.4, 0.5) is 10.8 Å². The first-order valence-electron chi connectivity index (χ1n) is 4.95. The molecule has 0 aliphatic carbocycles. The van der Waals surface area contributed by atoms with Gasteiger partial charge in [0.2, 0.25) is 0 Å². The maximum absolute atomic E-state index is 11.1. The van der Waals surface area contributed by atoms with Crippen LogP contribution in [0.3, 0.4) is 0 Å². The molecule has 84 valence electrons. The van der Waals surface area contributed by atoms with Gasteiger partial charge in [0.25, 0.3) is 5.91 Å². The Labute approximate surface area is 93.0 Å². The Bertz CT molecular complexity index is 337. The first-order valence-corrected chi connectivity index (χ1v) is 5.73. The van der Waals surface area contributed by atoms with E-state index in [2.05, 4.69) is 16.6 Å². The number of rotatable bonds is 6. The monoisotopic (exact) mass is 228 g/mol. The quantitative estimate of drug-likeness (QED) is 0.642. The Hall–Kier alpha value is -1.30. The number of primary amides is 1. The molecule has 0 saturated carbocycles. The number of unbranched alkanes of at least 4 members (excludes halogenated alkanes) is 2. The molecule has 0 aromatic carbocycles. The highest BCUT2D eigenvalue weighted by Gasteiger charge is 2.15. The summed E-state index contributed by atoms with van der Waals surface area (Å²) in [5, 5.41) is 3.80. The number of hydrogen-bond acceptors (Lipinski definition) is 5. The van der Waals surface area contributed by atoms with Crippen molar-refractivity contribution in [2.24, 2.45) is 5.73 Å². The van der Waals surface area contributed by atoms with Crippen molar-refractivity contribution in [2.45, 2.75) is 26.2 Å². The van der Waals surface area contributed by atoms with Gasteiger partial charge in [-0.15, -0.1) is 0 Å². The van der Waals surface area contributed by atoms with Crippen LogP contribution in [-0.4, -0.2) is 16.8 Å². The van der Waals surface area contributed by atoms with Crippen molar-refractivity contribution in [3.63, 3.8) is 0 Å². The highest BCUT2D eigenvalue weighted by molar-refractivity contribution is 7.11. The third kappa shape index (κ3) is 3.09. The van der Waals surface area contributed by atoms with Crippen molar-refractivity contribution in [3.05, 3.63) is 5.56 Å². The summed E-state index contributed by atoms with van der Waals surface area (Å²) in [4.78, 5) is 11.1. The standard InChI is InChI=1S/C9H16N4OS/c1-2-3-4-5-12-9-6(8(11)14)7(10)13-15-9/h12H,2-5H2,1H3,(H2,10,13)(H2,11,14). The third-order valence-electron chi connectivity index (χ3n) is 2.03. The van der Waals surface area contributed by atoms with E-state index in [9.17, 15) is 4.79 Å². The van der Waals surface area contributed by atoms with Crippen LogP contribution in [-0.2, 0) is 0 Å². The van der Waals surface area contributed by atoms with Crippen LogP contribution >= 0.6 is 11.5 Å². The maximum Gasteiger partial charge on any atom is 0.255 e. The van der Waals surface area contributed by atoms with E-state index in [1.807, 2.05) is 0 Å². The summed E-state index contributed by atoms with van der Waals surface area (Å²) in [6.07, 6.45) is 3.38. The molecule has 15 heavy (non-hydrogen) atoms. The first kappa shape index (κ1) is 11.8. The fourth-order valence-electron chi connectivity index (χ4n) is 1.24. The molecule has 0 spiro atoms. The van der Waals surface area contributed by atoms with E-state index in [-0.39, 0.29) is 5.82 Å². The second-order valence-corrected chi connectivity index (χ2v) is 4.04. The molecule has 0 unspecified atom stereocenters. The van der Waals surface area contributed by atoms with Crippen LogP contribution in [0.5, 0.6) is 0 Å². The van der Waals surface area contributed by atoms with Crippen LogP contribution in [0.15, 0.2) is 0 Å². The van der Waals surface area contributed by atoms with Crippen molar-refractivity contribution in [1.29, 1.82) is 0 Å². The summed E-state index contributed by atoms with van der Waals surface area (Å²) in [7, 11) is 0. The van der Waals surface area contributed by atoms with Crippen LogP contribution in [0, 0.1) is 0 Å². The minimum absolute atomic E-state index is 0.213. The Balaban J connectivity index is 2.57. The van der Waals surface area contributed by atoms with Crippen molar-refractivity contribution >= 4 is 28.3 Å². The molecule has 0 saturated heterocycles. The van der Waals surface area contributed by atoms with Gasteiger partial charge in [0.05, 0.1) is 0 Å². The molecule has 5 N–H and O–H groups in total. The average Bonchev–Trinajstić information content (AvgIpc) is 2.54. The fourth-order valence-corrected chi connectivity index (χ4v) is 1.98. The smallest absolute Gasteiger partial charge is 0.255 e. The van der Waals surface area contributed by atoms with E-state index >= 15 is 0 Å². The lowest BCUT2D eigenvalue weighted by Crippen LogP contribution is -2.15. The number of nitrogens with one attached hydrogen (secondary N) is 1. The Morgan fingerprint density at radius 3 is 2.87 bits per heavy atom. The van der Waals surface area contributed by atoms with Gasteiger partial charge < -0.3 is 16.8 Å². The number of hydrogen-bond donors (Lipinski definition) is 3. The normalized spacial score (nSPS) is 10.2. The zero-order chi connectivity index (χ0) is 11.3. The summed E-state index contributed by atoms with van der Waals surface area (Å²) >= 11 is 1.18. The molecule has 0 aliphatic heterocycles. The number of aromatic nitrogens is 1. The molecule has 5 nitrogen and oxygen atoms in total. The summed E-state index contributed by atoms with van der Waals surface area (Å²) in [5.74, 6) is -0.315. The van der Waals surface area contributed by atoms with Crippen LogP contribution in [0.2, 0.25) is 0 Å². The van der Waals surface area contributed by atoms with Gasteiger partial charge >= 0.3 is 0 Å². The third-order valence-corrected chi connectivity index (χ3v) is 2.85. The van der Waals surface area contributed by atoms with Crippen LogP contribution in [0.25, 0.3) is 0 Å². The lowest BCUT2D eigenvalue weighted by Gasteiger charge is -2.03. The summed E-state index contributed by atoms with van der Waals surface area (Å²) in [6.45, 7) is 2.95. The highest BCUT2D eigenvalue weighted by Crippen LogP contribution is 2.25. The number of anilines is 2. The van der Waals surface area contributed by atoms with E-state index in [1.165, 1.54) is 11.5 Å². The minimum Gasteiger partial charge on any atom is -0.382 e. The lowest BCUT2D eigenvalue weighted by atomic mass is 10.2. The fraction of sp³-hybridized carbons (Fsp3) is 0.556. The topological polar surface area (TPSA) is 94.0 Å². The van der Waals surface area contributed by atoms with Gasteiger partial charge in [-0.05, 0) is 18.0 Å². The molecule has 0 radical (unpaired) electrons. The van der Waals surface area contributed by atoms with E-state index in [0.717, 1.165) is 25.8 Å². The van der Waals surface area contributed by atoms with Gasteiger partial charge in [0.1, 0.15) is 10.6 Å². The number of carbonyl (C=O) groups is 1. The molecule has 1 heterocycles. The number of carbonyl (C=O) groups excluding carboxylic acids is 1. The number of nitrogens with two attached hydrogens (primary N) is 2. The zero-order valence-corrected chi connectivity index (χ0v) is 9.56. The predicted molar refractivity (Wildman–Crippen MR) is 63.1 cm³/mol. The molecular formula is C9H16N4OS. The molecule has 0 fully saturated rings. The lowest BCUT2D eigenvalue weighted by molar-refractivity contribution is 0.100. The van der Waals surface area contributed by atoms with Gasteiger partial charge in [-0.2, -0.15) is 4.37 Å². The molecule has 1 rings (SSSR count). The van der Waals surface area contributed by atoms with Crippen LogP contribution in [0.1, 0.15) is 36.5 Å². The van der Waals surface area contributed by atoms with Crippen molar-refractivity contribution in [1.82, 2.24) is 4.37 Å². The summed E-state index contributed by atoms with van der Waals surface area (Å²) < 4.78 is 3.89. The molecule has 1 aromatic rings. The van der Waals surface area contributed by atoms with E-state index in [1.54, 1.807) is 0 Å². The molecule has 0 aliphatic rings. The first-order chi connectivity index (χ1) is 7.16. The highest BCUT2D eigenvalue weighted by atomic mass is 32.1. The van der Waals surface area contributed by atoms with Gasteiger partial charge in [0, 0.05) is 6.54 Å². The summed E-state index contributed by atoms with van der Waals surface area (Å²) in [5.41, 5.74) is 11.0. The number of nitrogen functional groups attached to an aromatic ring is 1. The molecule has 0 bridgehead atoms. The van der Waals surface area contributed by atoms with Crippen LogP contribution < -0.4 is 16.8 Å². The minimum atomic E-state index is -0.528. The molecule has 0 atom stereocenters. The SMILES string of the molecule is CCCCCNc1snc(N)c1C(N)=O.